The number of carbonyl (C=O) groups is 2. The number of piperidine rings is 2. The highest BCUT2D eigenvalue weighted by molar-refractivity contribution is 5.68. The van der Waals surface area contributed by atoms with E-state index in [1.165, 1.54) is 0 Å². The molecular formula is C25H38N2O5. The van der Waals surface area contributed by atoms with E-state index < -0.39 is 5.60 Å². The lowest BCUT2D eigenvalue weighted by molar-refractivity contribution is -0.0176. The van der Waals surface area contributed by atoms with E-state index in [4.69, 9.17) is 14.2 Å². The Hall–Kier alpha value is -2.28. The Morgan fingerprint density at radius 3 is 2.38 bits per heavy atom. The van der Waals surface area contributed by atoms with Gasteiger partial charge in [-0.2, -0.15) is 0 Å². The molecule has 7 nitrogen and oxygen atoms in total. The van der Waals surface area contributed by atoms with Crippen LogP contribution in [-0.4, -0.2) is 66.0 Å². The highest BCUT2D eigenvalue weighted by Crippen LogP contribution is 2.23. The lowest BCUT2D eigenvalue weighted by atomic mass is 10.00. The van der Waals surface area contributed by atoms with Gasteiger partial charge in [-0.25, -0.2) is 9.59 Å². The van der Waals surface area contributed by atoms with Crippen molar-refractivity contribution in [2.75, 3.05) is 26.2 Å². The summed E-state index contributed by atoms with van der Waals surface area (Å²) in [4.78, 5) is 28.5. The minimum absolute atomic E-state index is 0.149. The molecule has 2 aliphatic rings. The second-order valence-corrected chi connectivity index (χ2v) is 9.71. The topological polar surface area (TPSA) is 68.3 Å². The van der Waals surface area contributed by atoms with Crippen molar-refractivity contribution in [2.24, 2.45) is 0 Å². The van der Waals surface area contributed by atoms with Crippen LogP contribution in [0.4, 0.5) is 9.59 Å². The molecule has 0 spiro atoms. The van der Waals surface area contributed by atoms with Gasteiger partial charge < -0.3 is 24.0 Å². The minimum Gasteiger partial charge on any atom is -0.445 e. The number of likely N-dealkylation sites (tertiary alicyclic amines) is 2. The van der Waals surface area contributed by atoms with Gasteiger partial charge in [-0.1, -0.05) is 30.3 Å². The van der Waals surface area contributed by atoms with Gasteiger partial charge in [0.25, 0.3) is 0 Å². The monoisotopic (exact) mass is 446 g/mol. The van der Waals surface area contributed by atoms with E-state index in [0.29, 0.717) is 26.3 Å². The number of carbonyl (C=O) groups excluding carboxylic acids is 2. The fraction of sp³-hybridized carbons (Fsp3) is 0.680. The van der Waals surface area contributed by atoms with Crippen LogP contribution in [0.2, 0.25) is 0 Å². The molecular weight excluding hydrogens is 408 g/mol. The summed E-state index contributed by atoms with van der Waals surface area (Å²) in [7, 11) is 0. The van der Waals surface area contributed by atoms with Crippen molar-refractivity contribution in [3.05, 3.63) is 35.9 Å². The van der Waals surface area contributed by atoms with Crippen molar-refractivity contribution in [3.8, 4) is 0 Å². The van der Waals surface area contributed by atoms with Gasteiger partial charge in [0, 0.05) is 32.3 Å². The number of ether oxygens (including phenoxy) is 3. The Labute approximate surface area is 192 Å². The molecule has 0 N–H and O–H groups in total. The molecule has 0 saturated carbocycles. The average molecular weight is 447 g/mol. The van der Waals surface area contributed by atoms with Crippen molar-refractivity contribution < 1.29 is 23.8 Å². The Kier molecular flexibility index (Phi) is 8.79. The molecule has 0 aromatic heterocycles. The first-order chi connectivity index (χ1) is 15.3. The van der Waals surface area contributed by atoms with Crippen LogP contribution in [0.25, 0.3) is 0 Å². The molecule has 1 aromatic rings. The molecule has 2 fully saturated rings. The number of amides is 2. The third kappa shape index (κ3) is 7.69. The number of hydrogen-bond donors (Lipinski definition) is 0. The third-order valence-electron chi connectivity index (χ3n) is 5.97. The van der Waals surface area contributed by atoms with E-state index in [2.05, 4.69) is 0 Å². The first-order valence-corrected chi connectivity index (χ1v) is 11.9. The van der Waals surface area contributed by atoms with Crippen LogP contribution in [-0.2, 0) is 20.8 Å². The van der Waals surface area contributed by atoms with E-state index >= 15 is 0 Å². The largest absolute Gasteiger partial charge is 0.445 e. The number of benzene rings is 1. The van der Waals surface area contributed by atoms with Crippen LogP contribution in [0.15, 0.2) is 30.3 Å². The number of rotatable bonds is 6. The van der Waals surface area contributed by atoms with E-state index in [1.54, 1.807) is 4.90 Å². The van der Waals surface area contributed by atoms with Gasteiger partial charge in [-0.05, 0) is 64.9 Å². The molecule has 0 bridgehead atoms. The molecule has 3 rings (SSSR count). The zero-order valence-electron chi connectivity index (χ0n) is 19.8. The predicted octanol–water partition coefficient (Wildman–Crippen LogP) is 4.98. The molecule has 0 aliphatic carbocycles. The third-order valence-corrected chi connectivity index (χ3v) is 5.97. The molecule has 7 heteroatoms. The lowest BCUT2D eigenvalue weighted by Crippen LogP contribution is -2.45. The normalized spacial score (nSPS) is 20.2. The SMILES string of the molecule is CC(C)(C)OC(=O)N1CCC(OCCC2CCCCN2C(=O)OCc2ccccc2)CC1. The molecule has 1 atom stereocenters. The summed E-state index contributed by atoms with van der Waals surface area (Å²) in [6.07, 6.45) is 5.23. The molecule has 2 amide bonds. The summed E-state index contributed by atoms with van der Waals surface area (Å²) in [5.74, 6) is 0. The molecule has 178 valence electrons. The molecule has 2 saturated heterocycles. The highest BCUT2D eigenvalue weighted by atomic mass is 16.6. The van der Waals surface area contributed by atoms with Crippen LogP contribution in [0.3, 0.4) is 0 Å². The average Bonchev–Trinajstić information content (AvgIpc) is 2.78. The maximum Gasteiger partial charge on any atom is 0.410 e. The summed E-state index contributed by atoms with van der Waals surface area (Å²) < 4.78 is 17.1. The Morgan fingerprint density at radius 2 is 1.69 bits per heavy atom. The van der Waals surface area contributed by atoms with Crippen molar-refractivity contribution >= 4 is 12.2 Å². The molecule has 1 unspecified atom stereocenters. The van der Waals surface area contributed by atoms with Crippen molar-refractivity contribution in [3.63, 3.8) is 0 Å². The maximum absolute atomic E-state index is 12.7. The summed E-state index contributed by atoms with van der Waals surface area (Å²) in [6.45, 7) is 8.61. The van der Waals surface area contributed by atoms with Gasteiger partial charge in [0.15, 0.2) is 0 Å². The summed E-state index contributed by atoms with van der Waals surface area (Å²) in [6, 6.07) is 9.93. The van der Waals surface area contributed by atoms with E-state index in [9.17, 15) is 9.59 Å². The minimum atomic E-state index is -0.474. The summed E-state index contributed by atoms with van der Waals surface area (Å²) in [5, 5.41) is 0. The quantitative estimate of drug-likeness (QED) is 0.616. The second-order valence-electron chi connectivity index (χ2n) is 9.71. The maximum atomic E-state index is 12.7. The van der Waals surface area contributed by atoms with E-state index in [0.717, 1.165) is 50.6 Å². The summed E-state index contributed by atoms with van der Waals surface area (Å²) in [5.41, 5.74) is 0.522. The first-order valence-electron chi connectivity index (χ1n) is 11.9. The van der Waals surface area contributed by atoms with Gasteiger partial charge in [-0.15, -0.1) is 0 Å². The van der Waals surface area contributed by atoms with E-state index in [1.807, 2.05) is 56.0 Å². The van der Waals surface area contributed by atoms with Gasteiger partial charge in [0.05, 0.1) is 6.10 Å². The Bertz CT molecular complexity index is 726. The van der Waals surface area contributed by atoms with Crippen LogP contribution < -0.4 is 0 Å². The van der Waals surface area contributed by atoms with Crippen LogP contribution in [0, 0.1) is 0 Å². The van der Waals surface area contributed by atoms with Crippen molar-refractivity contribution in [2.45, 2.75) is 83.6 Å². The molecule has 2 heterocycles. The van der Waals surface area contributed by atoms with Crippen LogP contribution in [0.5, 0.6) is 0 Å². The van der Waals surface area contributed by atoms with Crippen LogP contribution >= 0.6 is 0 Å². The van der Waals surface area contributed by atoms with E-state index in [-0.39, 0.29) is 24.3 Å². The van der Waals surface area contributed by atoms with Gasteiger partial charge in [0.1, 0.15) is 12.2 Å². The smallest absolute Gasteiger partial charge is 0.410 e. The zero-order valence-corrected chi connectivity index (χ0v) is 19.8. The zero-order chi connectivity index (χ0) is 23.0. The standard InChI is InChI=1S/C25H38N2O5/c1-25(2,3)32-23(28)26-16-12-22(13-17-26)30-18-14-21-11-7-8-15-27(21)24(29)31-19-20-9-5-4-6-10-20/h4-6,9-10,21-22H,7-8,11-19H2,1-3H3. The Balaban J connectivity index is 1.38. The predicted molar refractivity (Wildman–Crippen MR) is 122 cm³/mol. The molecule has 32 heavy (non-hydrogen) atoms. The number of hydrogen-bond acceptors (Lipinski definition) is 5. The second kappa shape index (κ2) is 11.5. The van der Waals surface area contributed by atoms with Crippen molar-refractivity contribution in [1.82, 2.24) is 9.80 Å². The lowest BCUT2D eigenvalue weighted by Gasteiger charge is -2.36. The molecule has 0 radical (unpaired) electrons. The molecule has 2 aliphatic heterocycles. The van der Waals surface area contributed by atoms with Crippen molar-refractivity contribution in [1.29, 1.82) is 0 Å². The Morgan fingerprint density at radius 1 is 0.969 bits per heavy atom. The van der Waals surface area contributed by atoms with Gasteiger partial charge >= 0.3 is 12.2 Å². The highest BCUT2D eigenvalue weighted by Gasteiger charge is 2.29. The summed E-state index contributed by atoms with van der Waals surface area (Å²) >= 11 is 0. The fourth-order valence-electron chi connectivity index (χ4n) is 4.25. The van der Waals surface area contributed by atoms with Crippen LogP contribution in [0.1, 0.15) is 64.9 Å². The molecule has 1 aromatic carbocycles. The van der Waals surface area contributed by atoms with Gasteiger partial charge in [0.2, 0.25) is 0 Å². The number of nitrogens with zero attached hydrogens (tertiary/aromatic N) is 2. The fourth-order valence-corrected chi connectivity index (χ4v) is 4.25. The first kappa shape index (κ1) is 24.4. The van der Waals surface area contributed by atoms with Gasteiger partial charge in [-0.3, -0.25) is 0 Å².